The third-order valence-electron chi connectivity index (χ3n) is 7.36. The SMILES string of the molecule is O=CCCCCCCC(=O)N(NO)[C@@H](Cc1ccccc1)C(=O)N[C@@H](Cc1ccccc1)C(=O)N1CCCC1C=O. The van der Waals surface area contributed by atoms with Crippen molar-refractivity contribution in [2.75, 3.05) is 6.54 Å². The van der Waals surface area contributed by atoms with Gasteiger partial charge in [0.05, 0.1) is 6.04 Å². The fraction of sp³-hybridized carbons (Fsp3) is 0.452. The summed E-state index contributed by atoms with van der Waals surface area (Å²) in [6, 6.07) is 15.7. The number of rotatable bonds is 17. The summed E-state index contributed by atoms with van der Waals surface area (Å²) in [6.07, 6.45) is 6.58. The Labute approximate surface area is 241 Å². The Balaban J connectivity index is 1.81. The lowest BCUT2D eigenvalue weighted by molar-refractivity contribution is -0.157. The second-order valence-electron chi connectivity index (χ2n) is 10.3. The van der Waals surface area contributed by atoms with Crippen LogP contribution < -0.4 is 10.9 Å². The highest BCUT2D eigenvalue weighted by molar-refractivity contribution is 5.93. The Bertz CT molecular complexity index is 1130. The van der Waals surface area contributed by atoms with Crippen molar-refractivity contribution in [1.29, 1.82) is 0 Å². The Hall–Kier alpha value is -3.89. The molecule has 10 nitrogen and oxygen atoms in total. The van der Waals surface area contributed by atoms with E-state index in [4.69, 9.17) is 0 Å². The molecule has 0 spiro atoms. The number of likely N-dealkylation sites (tertiary alicyclic amines) is 1. The summed E-state index contributed by atoms with van der Waals surface area (Å²) < 4.78 is 0. The maximum Gasteiger partial charge on any atom is 0.246 e. The minimum absolute atomic E-state index is 0.0917. The number of aldehydes is 2. The van der Waals surface area contributed by atoms with Gasteiger partial charge in [-0.1, -0.05) is 73.5 Å². The maximum atomic E-state index is 13.8. The van der Waals surface area contributed by atoms with Crippen LogP contribution in [0.5, 0.6) is 0 Å². The largest absolute Gasteiger partial charge is 0.342 e. The smallest absolute Gasteiger partial charge is 0.246 e. The van der Waals surface area contributed by atoms with Crippen LogP contribution in [0, 0.1) is 0 Å². The van der Waals surface area contributed by atoms with Crippen LogP contribution in [0.3, 0.4) is 0 Å². The number of hydrogen-bond acceptors (Lipinski definition) is 7. The minimum Gasteiger partial charge on any atom is -0.342 e. The Morgan fingerprint density at radius 2 is 1.56 bits per heavy atom. The van der Waals surface area contributed by atoms with E-state index in [0.717, 1.165) is 48.0 Å². The number of nitrogens with one attached hydrogen (secondary N) is 2. The molecule has 0 bridgehead atoms. The number of hydrogen-bond donors (Lipinski definition) is 3. The quantitative estimate of drug-likeness (QED) is 0.153. The van der Waals surface area contributed by atoms with Crippen molar-refractivity contribution in [2.45, 2.75) is 82.3 Å². The van der Waals surface area contributed by atoms with Gasteiger partial charge in [-0.25, -0.2) is 5.01 Å². The molecule has 1 aliphatic rings. The van der Waals surface area contributed by atoms with Crippen LogP contribution in [-0.2, 0) is 36.8 Å². The topological polar surface area (TPSA) is 136 Å². The molecule has 1 saturated heterocycles. The second-order valence-corrected chi connectivity index (χ2v) is 10.3. The predicted octanol–water partition coefficient (Wildman–Crippen LogP) is 2.78. The molecule has 41 heavy (non-hydrogen) atoms. The molecule has 0 saturated carbocycles. The third kappa shape index (κ3) is 9.61. The van der Waals surface area contributed by atoms with Crippen molar-refractivity contribution >= 4 is 30.3 Å². The van der Waals surface area contributed by atoms with Gasteiger partial charge in [-0.15, -0.1) is 5.59 Å². The molecule has 1 heterocycles. The van der Waals surface area contributed by atoms with E-state index in [1.807, 2.05) is 66.3 Å². The van der Waals surface area contributed by atoms with Crippen LogP contribution in [0.1, 0.15) is 62.5 Å². The molecule has 1 unspecified atom stereocenters. The van der Waals surface area contributed by atoms with Gasteiger partial charge in [0.15, 0.2) is 0 Å². The van der Waals surface area contributed by atoms with E-state index in [9.17, 15) is 29.2 Å². The first kappa shape index (κ1) is 31.6. The molecule has 3 amide bonds. The first-order valence-corrected chi connectivity index (χ1v) is 14.3. The van der Waals surface area contributed by atoms with Gasteiger partial charge in [0.2, 0.25) is 17.7 Å². The molecule has 0 radical (unpaired) electrons. The molecule has 3 atom stereocenters. The van der Waals surface area contributed by atoms with Gasteiger partial charge in [-0.3, -0.25) is 19.6 Å². The Kier molecular flexibility index (Phi) is 13.1. The maximum absolute atomic E-state index is 13.8. The van der Waals surface area contributed by atoms with Crippen LogP contribution in [0.4, 0.5) is 0 Å². The lowest BCUT2D eigenvalue weighted by Gasteiger charge is -2.32. The highest BCUT2D eigenvalue weighted by atomic mass is 16.5. The number of carbonyl (C=O) groups is 5. The van der Waals surface area contributed by atoms with Crippen LogP contribution in [0.25, 0.3) is 0 Å². The van der Waals surface area contributed by atoms with Crippen LogP contribution >= 0.6 is 0 Å². The summed E-state index contributed by atoms with van der Waals surface area (Å²) in [5.41, 5.74) is 3.52. The number of amides is 3. The molecule has 1 aliphatic heterocycles. The average Bonchev–Trinajstić information content (AvgIpc) is 3.48. The lowest BCUT2D eigenvalue weighted by atomic mass is 10.0. The summed E-state index contributed by atoms with van der Waals surface area (Å²) in [6.45, 7) is 0.423. The van der Waals surface area contributed by atoms with E-state index in [1.165, 1.54) is 4.90 Å². The van der Waals surface area contributed by atoms with E-state index in [-0.39, 0.29) is 25.2 Å². The van der Waals surface area contributed by atoms with Gasteiger partial charge < -0.3 is 19.8 Å². The number of carbonyl (C=O) groups excluding carboxylic acids is 5. The van der Waals surface area contributed by atoms with Crippen molar-refractivity contribution in [3.8, 4) is 0 Å². The molecule has 220 valence electrons. The van der Waals surface area contributed by atoms with E-state index in [0.29, 0.717) is 32.2 Å². The van der Waals surface area contributed by atoms with E-state index in [1.54, 1.807) is 0 Å². The summed E-state index contributed by atoms with van der Waals surface area (Å²) in [4.78, 5) is 64.3. The molecule has 3 rings (SSSR count). The Morgan fingerprint density at radius 3 is 2.17 bits per heavy atom. The molecule has 0 aliphatic carbocycles. The number of nitrogens with zero attached hydrogens (tertiary/aromatic N) is 2. The number of unbranched alkanes of at least 4 members (excludes halogenated alkanes) is 4. The van der Waals surface area contributed by atoms with Crippen LogP contribution in [0.2, 0.25) is 0 Å². The second kappa shape index (κ2) is 17.0. The molecule has 1 fully saturated rings. The third-order valence-corrected chi connectivity index (χ3v) is 7.36. The normalized spacial score (nSPS) is 16.0. The zero-order chi connectivity index (χ0) is 29.5. The first-order valence-electron chi connectivity index (χ1n) is 14.3. The van der Waals surface area contributed by atoms with Crippen molar-refractivity contribution in [3.05, 3.63) is 71.8 Å². The molecular weight excluding hydrogens is 524 g/mol. The molecule has 0 aromatic heterocycles. The highest BCUT2D eigenvalue weighted by Crippen LogP contribution is 2.19. The van der Waals surface area contributed by atoms with Crippen LogP contribution in [-0.4, -0.2) is 70.1 Å². The first-order chi connectivity index (χ1) is 20.0. The fourth-order valence-corrected chi connectivity index (χ4v) is 5.14. The highest BCUT2D eigenvalue weighted by Gasteiger charge is 2.37. The van der Waals surface area contributed by atoms with Gasteiger partial charge in [0, 0.05) is 32.2 Å². The van der Waals surface area contributed by atoms with Gasteiger partial charge in [0.1, 0.15) is 24.7 Å². The van der Waals surface area contributed by atoms with Gasteiger partial charge in [-0.2, -0.15) is 0 Å². The van der Waals surface area contributed by atoms with Gasteiger partial charge >= 0.3 is 0 Å². The molecule has 2 aromatic rings. The summed E-state index contributed by atoms with van der Waals surface area (Å²) in [7, 11) is 0. The number of benzene rings is 2. The van der Waals surface area contributed by atoms with Crippen molar-refractivity contribution in [2.24, 2.45) is 0 Å². The van der Waals surface area contributed by atoms with Crippen LogP contribution in [0.15, 0.2) is 60.7 Å². The predicted molar refractivity (Wildman–Crippen MR) is 152 cm³/mol. The standard InChI is InChI=1S/C31H40N4O6/c36-20-11-3-1-2-10-18-29(38)35(33-41)28(22-25-15-8-5-9-16-25)30(39)32-27(21-24-13-6-4-7-14-24)31(40)34-19-12-17-26(34)23-37/h4-9,13-16,20,23,26-28,33,41H,1-3,10-12,17-19,21-22H2,(H,32,39)/t26?,27-,28-/m0/s1. The van der Waals surface area contributed by atoms with Crippen molar-refractivity contribution in [3.63, 3.8) is 0 Å². The lowest BCUT2D eigenvalue weighted by Crippen LogP contribution is -2.59. The van der Waals surface area contributed by atoms with Crippen molar-refractivity contribution in [1.82, 2.24) is 20.8 Å². The van der Waals surface area contributed by atoms with E-state index >= 15 is 0 Å². The summed E-state index contributed by atoms with van der Waals surface area (Å²) in [5.74, 6) is -1.43. The van der Waals surface area contributed by atoms with E-state index < -0.39 is 29.9 Å². The minimum atomic E-state index is -1.16. The molecule has 2 aromatic carbocycles. The molecular formula is C31H40N4O6. The number of hydrazine groups is 1. The Morgan fingerprint density at radius 1 is 0.927 bits per heavy atom. The monoisotopic (exact) mass is 564 g/mol. The molecule has 3 N–H and O–H groups in total. The van der Waals surface area contributed by atoms with Gasteiger partial charge in [-0.05, 0) is 36.8 Å². The van der Waals surface area contributed by atoms with E-state index in [2.05, 4.69) is 5.32 Å². The fourth-order valence-electron chi connectivity index (χ4n) is 5.14. The molecule has 10 heteroatoms. The summed E-state index contributed by atoms with van der Waals surface area (Å²) >= 11 is 0. The zero-order valence-corrected chi connectivity index (χ0v) is 23.3. The summed E-state index contributed by atoms with van der Waals surface area (Å²) in [5, 5.41) is 13.8. The average molecular weight is 565 g/mol. The van der Waals surface area contributed by atoms with Gasteiger partial charge in [0.25, 0.3) is 0 Å². The zero-order valence-electron chi connectivity index (χ0n) is 23.3. The van der Waals surface area contributed by atoms with Crippen molar-refractivity contribution < 1.29 is 29.2 Å².